The van der Waals surface area contributed by atoms with Gasteiger partial charge in [-0.05, 0) is 99.0 Å². The Kier molecular flexibility index (Phi) is 8.26. The molecule has 0 heterocycles. The minimum Gasteiger partial charge on any atom is -0.206 e. The molecular formula is C27H38F4. The molecular weight excluding hydrogens is 400 g/mol. The number of allylic oxidation sites excluding steroid dienone is 1. The fraction of sp³-hybridized carbons (Fsp3) is 0.704. The summed E-state index contributed by atoms with van der Waals surface area (Å²) in [4.78, 5) is 0. The zero-order valence-electron chi connectivity index (χ0n) is 19.3. The van der Waals surface area contributed by atoms with Gasteiger partial charge in [-0.1, -0.05) is 51.0 Å². The SMILES string of the molecule is CCCC(C)C1CCC(C2CCC(/C=C/c3ccc(C)c(F)c3C(F)(F)F)CC2)CC1. The average Bonchev–Trinajstić information content (AvgIpc) is 2.74. The number of halogens is 4. The molecule has 0 spiro atoms. The monoisotopic (exact) mass is 438 g/mol. The zero-order chi connectivity index (χ0) is 22.6. The van der Waals surface area contributed by atoms with Crippen molar-refractivity contribution in [3.63, 3.8) is 0 Å². The molecule has 1 aromatic carbocycles. The third-order valence-electron chi connectivity index (χ3n) is 8.05. The number of hydrogen-bond acceptors (Lipinski definition) is 0. The van der Waals surface area contributed by atoms with Crippen LogP contribution in [0.1, 0.15) is 94.7 Å². The van der Waals surface area contributed by atoms with Crippen LogP contribution in [0.25, 0.3) is 6.08 Å². The first kappa shape index (κ1) is 24.3. The van der Waals surface area contributed by atoms with E-state index in [0.717, 1.165) is 36.5 Å². The fourth-order valence-corrected chi connectivity index (χ4v) is 6.05. The zero-order valence-corrected chi connectivity index (χ0v) is 19.3. The molecule has 0 saturated heterocycles. The van der Waals surface area contributed by atoms with Crippen LogP contribution < -0.4 is 0 Å². The fourth-order valence-electron chi connectivity index (χ4n) is 6.05. The standard InChI is InChI=1S/C27H38F4/c1-4-5-18(2)21-14-16-23(17-15-21)22-11-7-20(8-12-22)9-13-24-10-6-19(3)26(28)25(24)27(29,30)31/h6,9-10,13,18,20-23H,4-5,7-8,11-12,14-17H2,1-3H3/b13-9+. The third kappa shape index (κ3) is 6.14. The van der Waals surface area contributed by atoms with E-state index in [1.54, 1.807) is 0 Å². The van der Waals surface area contributed by atoms with Crippen LogP contribution in [0.3, 0.4) is 0 Å². The summed E-state index contributed by atoms with van der Waals surface area (Å²) < 4.78 is 54.2. The highest BCUT2D eigenvalue weighted by molar-refractivity contribution is 5.56. The van der Waals surface area contributed by atoms with Gasteiger partial charge in [-0.25, -0.2) is 4.39 Å². The number of hydrogen-bond donors (Lipinski definition) is 0. The van der Waals surface area contributed by atoms with Crippen molar-refractivity contribution < 1.29 is 17.6 Å². The minimum absolute atomic E-state index is 0.0313. The highest BCUT2D eigenvalue weighted by Crippen LogP contribution is 2.44. The summed E-state index contributed by atoms with van der Waals surface area (Å²) in [5, 5.41) is 0. The van der Waals surface area contributed by atoms with E-state index < -0.39 is 17.6 Å². The molecule has 0 N–H and O–H groups in total. The van der Waals surface area contributed by atoms with Crippen LogP contribution in [-0.2, 0) is 6.18 Å². The normalized spacial score (nSPS) is 28.7. The molecule has 0 amide bonds. The number of rotatable bonds is 6. The van der Waals surface area contributed by atoms with Crippen LogP contribution in [0.2, 0.25) is 0 Å². The predicted octanol–water partition coefficient (Wildman–Crippen LogP) is 9.22. The first-order valence-corrected chi connectivity index (χ1v) is 12.2. The molecule has 1 atom stereocenters. The Bertz CT molecular complexity index is 732. The van der Waals surface area contributed by atoms with E-state index in [4.69, 9.17) is 0 Å². The quantitative estimate of drug-likeness (QED) is 0.388. The number of benzene rings is 1. The Morgan fingerprint density at radius 2 is 1.55 bits per heavy atom. The maximum absolute atomic E-state index is 14.1. The predicted molar refractivity (Wildman–Crippen MR) is 120 cm³/mol. The summed E-state index contributed by atoms with van der Waals surface area (Å²) >= 11 is 0. The van der Waals surface area contributed by atoms with Crippen LogP contribution in [0.5, 0.6) is 0 Å². The molecule has 0 aliphatic heterocycles. The van der Waals surface area contributed by atoms with Crippen molar-refractivity contribution >= 4 is 6.08 Å². The van der Waals surface area contributed by atoms with Gasteiger partial charge >= 0.3 is 6.18 Å². The maximum atomic E-state index is 14.1. The second-order valence-corrected chi connectivity index (χ2v) is 10.1. The van der Waals surface area contributed by atoms with Gasteiger partial charge in [0.2, 0.25) is 0 Å². The molecule has 3 rings (SSSR count). The second-order valence-electron chi connectivity index (χ2n) is 10.1. The van der Waals surface area contributed by atoms with Gasteiger partial charge in [-0.3, -0.25) is 0 Å². The first-order chi connectivity index (χ1) is 14.7. The molecule has 2 fully saturated rings. The van der Waals surface area contributed by atoms with Crippen molar-refractivity contribution in [2.75, 3.05) is 0 Å². The van der Waals surface area contributed by atoms with Crippen molar-refractivity contribution in [3.05, 3.63) is 40.7 Å². The number of aryl methyl sites for hydroxylation is 1. The third-order valence-corrected chi connectivity index (χ3v) is 8.05. The highest BCUT2D eigenvalue weighted by Gasteiger charge is 2.37. The van der Waals surface area contributed by atoms with Gasteiger partial charge in [-0.2, -0.15) is 13.2 Å². The van der Waals surface area contributed by atoms with Crippen LogP contribution >= 0.6 is 0 Å². The van der Waals surface area contributed by atoms with E-state index in [2.05, 4.69) is 13.8 Å². The molecule has 31 heavy (non-hydrogen) atoms. The van der Waals surface area contributed by atoms with E-state index in [0.29, 0.717) is 5.92 Å². The first-order valence-electron chi connectivity index (χ1n) is 12.2. The molecule has 1 unspecified atom stereocenters. The summed E-state index contributed by atoms with van der Waals surface area (Å²) in [7, 11) is 0. The molecule has 0 bridgehead atoms. The topological polar surface area (TPSA) is 0 Å². The van der Waals surface area contributed by atoms with Gasteiger partial charge in [0, 0.05) is 0 Å². The van der Waals surface area contributed by atoms with E-state index >= 15 is 0 Å². The van der Waals surface area contributed by atoms with Gasteiger partial charge in [-0.15, -0.1) is 0 Å². The molecule has 1 aromatic rings. The van der Waals surface area contributed by atoms with Gasteiger partial charge in [0.05, 0.1) is 5.56 Å². The minimum atomic E-state index is -4.68. The lowest BCUT2D eigenvalue weighted by molar-refractivity contribution is -0.140. The van der Waals surface area contributed by atoms with Crippen LogP contribution in [0, 0.1) is 42.3 Å². The highest BCUT2D eigenvalue weighted by atomic mass is 19.4. The molecule has 0 radical (unpaired) electrons. The molecule has 0 aromatic heterocycles. The van der Waals surface area contributed by atoms with Gasteiger partial charge < -0.3 is 0 Å². The summed E-state index contributed by atoms with van der Waals surface area (Å²) in [6.45, 7) is 6.06. The van der Waals surface area contributed by atoms with Crippen molar-refractivity contribution in [1.82, 2.24) is 0 Å². The lowest BCUT2D eigenvalue weighted by Crippen LogP contribution is -2.27. The molecule has 174 valence electrons. The van der Waals surface area contributed by atoms with E-state index in [-0.39, 0.29) is 11.1 Å². The van der Waals surface area contributed by atoms with Crippen molar-refractivity contribution in [2.24, 2.45) is 29.6 Å². The largest absolute Gasteiger partial charge is 0.419 e. The summed E-state index contributed by atoms with van der Waals surface area (Å²) in [5.41, 5.74) is -1.16. The van der Waals surface area contributed by atoms with Crippen molar-refractivity contribution in [3.8, 4) is 0 Å². The summed E-state index contributed by atoms with van der Waals surface area (Å²) in [6.07, 6.45) is 11.2. The molecule has 2 aliphatic rings. The molecule has 4 heteroatoms. The van der Waals surface area contributed by atoms with E-state index in [1.165, 1.54) is 76.5 Å². The number of alkyl halides is 3. The lowest BCUT2D eigenvalue weighted by atomic mass is 9.67. The van der Waals surface area contributed by atoms with Crippen LogP contribution in [-0.4, -0.2) is 0 Å². The van der Waals surface area contributed by atoms with Crippen molar-refractivity contribution in [2.45, 2.75) is 91.2 Å². The van der Waals surface area contributed by atoms with E-state index in [1.807, 2.05) is 6.08 Å². The van der Waals surface area contributed by atoms with E-state index in [9.17, 15) is 17.6 Å². The molecule has 0 nitrogen and oxygen atoms in total. The Morgan fingerprint density at radius 3 is 2.10 bits per heavy atom. The Hall–Kier alpha value is -1.32. The summed E-state index contributed by atoms with van der Waals surface area (Å²) in [6, 6.07) is 2.82. The smallest absolute Gasteiger partial charge is 0.206 e. The van der Waals surface area contributed by atoms with Gasteiger partial charge in [0.25, 0.3) is 0 Å². The van der Waals surface area contributed by atoms with Gasteiger partial charge in [0.15, 0.2) is 0 Å². The lowest BCUT2D eigenvalue weighted by Gasteiger charge is -2.39. The van der Waals surface area contributed by atoms with Crippen LogP contribution in [0.15, 0.2) is 18.2 Å². The maximum Gasteiger partial charge on any atom is 0.419 e. The Morgan fingerprint density at radius 1 is 0.968 bits per heavy atom. The Balaban J connectivity index is 1.54. The average molecular weight is 439 g/mol. The van der Waals surface area contributed by atoms with Crippen molar-refractivity contribution in [1.29, 1.82) is 0 Å². The second kappa shape index (κ2) is 10.5. The molecule has 2 aliphatic carbocycles. The molecule has 2 saturated carbocycles. The summed E-state index contributed by atoms with van der Waals surface area (Å²) in [5.74, 6) is 2.49. The van der Waals surface area contributed by atoms with Gasteiger partial charge in [0.1, 0.15) is 5.82 Å². The Labute approximate surface area is 185 Å². The van der Waals surface area contributed by atoms with Crippen LogP contribution in [0.4, 0.5) is 17.6 Å².